The van der Waals surface area contributed by atoms with Gasteiger partial charge in [0.2, 0.25) is 0 Å². The molecule has 0 spiro atoms. The van der Waals surface area contributed by atoms with Gasteiger partial charge < -0.3 is 10.2 Å². The summed E-state index contributed by atoms with van der Waals surface area (Å²) >= 11 is 0. The van der Waals surface area contributed by atoms with Gasteiger partial charge in [-0.15, -0.1) is 0 Å². The first kappa shape index (κ1) is 22.9. The number of hydrogen-bond acceptors (Lipinski definition) is 5. The number of nitrogens with one attached hydrogen (secondary N) is 1. The molecule has 2 amide bonds. The zero-order valence-electron chi connectivity index (χ0n) is 18.9. The van der Waals surface area contributed by atoms with Crippen molar-refractivity contribution in [3.8, 4) is 11.1 Å². The summed E-state index contributed by atoms with van der Waals surface area (Å²) in [6.07, 6.45) is 6.50. The molecule has 0 atom stereocenters. The van der Waals surface area contributed by atoms with E-state index in [1.165, 1.54) is 6.33 Å². The number of aromatic nitrogens is 2. The third-order valence-electron chi connectivity index (χ3n) is 6.22. The number of carbonyl (C=O) groups is 1. The molecule has 1 aromatic heterocycles. The molecule has 2 aromatic carbocycles. The fraction of sp³-hybridized carbons (Fsp3) is 0.320. The van der Waals surface area contributed by atoms with E-state index in [0.29, 0.717) is 30.8 Å². The van der Waals surface area contributed by atoms with Crippen LogP contribution >= 0.6 is 0 Å². The van der Waals surface area contributed by atoms with E-state index >= 15 is 0 Å². The van der Waals surface area contributed by atoms with E-state index < -0.39 is 15.1 Å². The SMILES string of the molecule is CCc1cccc(C)c1NC(=O)N1CCC(S(=O)(=O)c2ccc(-c3cncnc3)cc2)CC1. The molecular formula is C25H28N4O3S. The summed E-state index contributed by atoms with van der Waals surface area (Å²) < 4.78 is 26.4. The van der Waals surface area contributed by atoms with Crippen LogP contribution < -0.4 is 5.32 Å². The van der Waals surface area contributed by atoms with E-state index in [1.807, 2.05) is 25.1 Å². The van der Waals surface area contributed by atoms with Crippen LogP contribution in [0.4, 0.5) is 10.5 Å². The van der Waals surface area contributed by atoms with Crippen LogP contribution in [0, 0.1) is 6.92 Å². The molecular weight excluding hydrogens is 436 g/mol. The lowest BCUT2D eigenvalue weighted by atomic mass is 10.1. The summed E-state index contributed by atoms with van der Waals surface area (Å²) in [7, 11) is -3.48. The van der Waals surface area contributed by atoms with Crippen LogP contribution in [0.25, 0.3) is 11.1 Å². The number of sulfone groups is 1. The van der Waals surface area contributed by atoms with Gasteiger partial charge in [-0.05, 0) is 55.0 Å². The fourth-order valence-electron chi connectivity index (χ4n) is 4.23. The van der Waals surface area contributed by atoms with Gasteiger partial charge in [0.25, 0.3) is 0 Å². The van der Waals surface area contributed by atoms with Crippen molar-refractivity contribution < 1.29 is 13.2 Å². The zero-order chi connectivity index (χ0) is 23.4. The number of hydrogen-bond donors (Lipinski definition) is 1. The first-order chi connectivity index (χ1) is 15.9. The van der Waals surface area contributed by atoms with Crippen LogP contribution in [0.1, 0.15) is 30.9 Å². The number of carbonyl (C=O) groups excluding carboxylic acids is 1. The highest BCUT2D eigenvalue weighted by molar-refractivity contribution is 7.92. The normalized spacial score (nSPS) is 14.8. The lowest BCUT2D eigenvalue weighted by molar-refractivity contribution is 0.200. The number of amides is 2. The van der Waals surface area contributed by atoms with Crippen LogP contribution in [0.5, 0.6) is 0 Å². The van der Waals surface area contributed by atoms with Crippen molar-refractivity contribution in [1.29, 1.82) is 0 Å². The maximum absolute atomic E-state index is 13.2. The molecule has 4 rings (SSSR count). The van der Waals surface area contributed by atoms with Crippen molar-refractivity contribution in [1.82, 2.24) is 14.9 Å². The molecule has 0 unspecified atom stereocenters. The number of aryl methyl sites for hydroxylation is 2. The van der Waals surface area contributed by atoms with Gasteiger partial charge in [0.1, 0.15) is 6.33 Å². The number of likely N-dealkylation sites (tertiary alicyclic amines) is 1. The van der Waals surface area contributed by atoms with Crippen molar-refractivity contribution in [2.75, 3.05) is 18.4 Å². The highest BCUT2D eigenvalue weighted by Crippen LogP contribution is 2.28. The van der Waals surface area contributed by atoms with Gasteiger partial charge in [0.15, 0.2) is 9.84 Å². The summed E-state index contributed by atoms with van der Waals surface area (Å²) in [6, 6.07) is 12.6. The van der Waals surface area contributed by atoms with Gasteiger partial charge in [0, 0.05) is 36.7 Å². The average molecular weight is 465 g/mol. The Kier molecular flexibility index (Phi) is 6.74. The number of rotatable bonds is 5. The molecule has 172 valence electrons. The molecule has 33 heavy (non-hydrogen) atoms. The zero-order valence-corrected chi connectivity index (χ0v) is 19.7. The fourth-order valence-corrected chi connectivity index (χ4v) is 5.97. The molecule has 3 aromatic rings. The summed E-state index contributed by atoms with van der Waals surface area (Å²) in [4.78, 5) is 22.9. The van der Waals surface area contributed by atoms with Gasteiger partial charge in [-0.2, -0.15) is 0 Å². The minimum absolute atomic E-state index is 0.177. The number of nitrogens with zero attached hydrogens (tertiary/aromatic N) is 3. The van der Waals surface area contributed by atoms with E-state index in [0.717, 1.165) is 34.4 Å². The van der Waals surface area contributed by atoms with E-state index in [1.54, 1.807) is 41.6 Å². The first-order valence-corrected chi connectivity index (χ1v) is 12.7. The van der Waals surface area contributed by atoms with E-state index in [4.69, 9.17) is 0 Å². The Hall–Kier alpha value is -3.26. The minimum atomic E-state index is -3.48. The predicted molar refractivity (Wildman–Crippen MR) is 129 cm³/mol. The second-order valence-electron chi connectivity index (χ2n) is 8.28. The summed E-state index contributed by atoms with van der Waals surface area (Å²) in [5, 5.41) is 2.53. The Balaban J connectivity index is 1.40. The average Bonchev–Trinajstić information content (AvgIpc) is 2.86. The van der Waals surface area contributed by atoms with Crippen LogP contribution in [-0.2, 0) is 16.3 Å². The largest absolute Gasteiger partial charge is 0.324 e. The highest BCUT2D eigenvalue weighted by atomic mass is 32.2. The molecule has 8 heteroatoms. The molecule has 1 saturated heterocycles. The van der Waals surface area contributed by atoms with Gasteiger partial charge in [-0.25, -0.2) is 23.2 Å². The topological polar surface area (TPSA) is 92.3 Å². The standard InChI is InChI=1S/C25H28N4O3S/c1-3-19-6-4-5-18(2)24(19)28-25(30)29-13-11-23(12-14-29)33(31,32)22-9-7-20(8-10-22)21-15-26-17-27-16-21/h4-10,15-17,23H,3,11-14H2,1-2H3,(H,28,30). The summed E-state index contributed by atoms with van der Waals surface area (Å²) in [6.45, 7) is 4.84. The van der Waals surface area contributed by atoms with E-state index in [-0.39, 0.29) is 6.03 Å². The molecule has 1 fully saturated rings. The minimum Gasteiger partial charge on any atom is -0.324 e. The van der Waals surface area contributed by atoms with Crippen molar-refractivity contribution in [3.63, 3.8) is 0 Å². The Morgan fingerprint density at radius 1 is 1.03 bits per heavy atom. The molecule has 1 aliphatic heterocycles. The van der Waals surface area contributed by atoms with Gasteiger partial charge >= 0.3 is 6.03 Å². The Morgan fingerprint density at radius 2 is 1.70 bits per heavy atom. The maximum Gasteiger partial charge on any atom is 0.321 e. The van der Waals surface area contributed by atoms with Gasteiger partial charge in [0.05, 0.1) is 10.1 Å². The summed E-state index contributed by atoms with van der Waals surface area (Å²) in [5.74, 6) is 0. The summed E-state index contributed by atoms with van der Waals surface area (Å²) in [5.41, 5.74) is 4.66. The maximum atomic E-state index is 13.2. The van der Waals surface area contributed by atoms with Crippen molar-refractivity contribution in [3.05, 3.63) is 72.3 Å². The van der Waals surface area contributed by atoms with E-state index in [2.05, 4.69) is 22.2 Å². The smallest absolute Gasteiger partial charge is 0.321 e. The molecule has 7 nitrogen and oxygen atoms in total. The van der Waals surface area contributed by atoms with Crippen LogP contribution in [0.15, 0.2) is 66.1 Å². The number of piperidine rings is 1. The molecule has 0 saturated carbocycles. The van der Waals surface area contributed by atoms with Gasteiger partial charge in [-0.1, -0.05) is 37.3 Å². The van der Waals surface area contributed by atoms with Crippen LogP contribution in [-0.4, -0.2) is 47.7 Å². The van der Waals surface area contributed by atoms with Crippen molar-refractivity contribution >= 4 is 21.6 Å². The molecule has 2 heterocycles. The predicted octanol–water partition coefficient (Wildman–Crippen LogP) is 4.48. The Bertz CT molecular complexity index is 1220. The monoisotopic (exact) mass is 464 g/mol. The number of anilines is 1. The Morgan fingerprint density at radius 3 is 2.33 bits per heavy atom. The second-order valence-corrected chi connectivity index (χ2v) is 10.5. The molecule has 0 radical (unpaired) electrons. The first-order valence-electron chi connectivity index (χ1n) is 11.1. The van der Waals surface area contributed by atoms with Crippen LogP contribution in [0.3, 0.4) is 0 Å². The number of urea groups is 1. The van der Waals surface area contributed by atoms with Gasteiger partial charge in [-0.3, -0.25) is 0 Å². The molecule has 1 aliphatic rings. The van der Waals surface area contributed by atoms with Crippen molar-refractivity contribution in [2.45, 2.75) is 43.3 Å². The lowest BCUT2D eigenvalue weighted by Gasteiger charge is -2.32. The third kappa shape index (κ3) is 4.90. The number of para-hydroxylation sites is 1. The van der Waals surface area contributed by atoms with E-state index in [9.17, 15) is 13.2 Å². The highest BCUT2D eigenvalue weighted by Gasteiger charge is 2.33. The van der Waals surface area contributed by atoms with Crippen molar-refractivity contribution in [2.24, 2.45) is 0 Å². The quantitative estimate of drug-likeness (QED) is 0.601. The second kappa shape index (κ2) is 9.70. The lowest BCUT2D eigenvalue weighted by Crippen LogP contribution is -2.44. The third-order valence-corrected chi connectivity index (χ3v) is 8.50. The van der Waals surface area contributed by atoms with Crippen LogP contribution in [0.2, 0.25) is 0 Å². The molecule has 0 bridgehead atoms. The molecule has 1 N–H and O–H groups in total. The Labute approximate surface area is 194 Å². The number of benzene rings is 2. The molecule has 0 aliphatic carbocycles.